The highest BCUT2D eigenvalue weighted by Gasteiger charge is 2.37. The van der Waals surface area contributed by atoms with Crippen molar-refractivity contribution in [2.75, 3.05) is 75.6 Å². The van der Waals surface area contributed by atoms with Gasteiger partial charge < -0.3 is 30.3 Å². The third kappa shape index (κ3) is 6.48. The van der Waals surface area contributed by atoms with E-state index >= 15 is 0 Å². The third-order valence-electron chi connectivity index (χ3n) is 4.81. The number of hydrogen-bond donors (Lipinski definition) is 3. The van der Waals surface area contributed by atoms with Gasteiger partial charge in [-0.25, -0.2) is 19.9 Å². The third-order valence-corrected chi connectivity index (χ3v) is 4.81. The Labute approximate surface area is 171 Å². The Kier molecular flexibility index (Phi) is 7.50. The molecule has 10 heteroatoms. The summed E-state index contributed by atoms with van der Waals surface area (Å²) in [6, 6.07) is 3.67. The van der Waals surface area contributed by atoms with Gasteiger partial charge in [0.25, 0.3) is 0 Å². The topological polar surface area (TPSA) is 112 Å². The number of rotatable bonds is 11. The molecule has 3 rings (SSSR count). The summed E-state index contributed by atoms with van der Waals surface area (Å²) in [5.74, 6) is 2.20. The Hall–Kier alpha value is -2.56. The largest absolute Gasteiger partial charge is 0.387 e. The van der Waals surface area contributed by atoms with Gasteiger partial charge >= 0.3 is 0 Å². The number of aliphatic hydroxyl groups is 1. The minimum Gasteiger partial charge on any atom is -0.387 e. The number of aromatic nitrogens is 4. The highest BCUT2D eigenvalue weighted by Crippen LogP contribution is 2.24. The standard InChI is InChI=1S/C19H30N8O2/c1-26(10-7-20-16-12-17(25-15-24-16)21-8-11-29-2)13-19(28)4-9-27(14-19)18-22-5-3-6-23-18/h3,5-6,12,15,28H,4,7-11,13-14H2,1-2H3,(H2,20,21,24,25). The molecular formula is C19H30N8O2. The van der Waals surface area contributed by atoms with Crippen LogP contribution in [-0.4, -0.2) is 95.6 Å². The van der Waals surface area contributed by atoms with E-state index in [1.807, 2.05) is 18.0 Å². The average molecular weight is 403 g/mol. The number of hydrogen-bond acceptors (Lipinski definition) is 10. The van der Waals surface area contributed by atoms with E-state index in [9.17, 15) is 5.11 Å². The normalized spacial score (nSPS) is 19.0. The molecule has 1 unspecified atom stereocenters. The van der Waals surface area contributed by atoms with Crippen molar-refractivity contribution < 1.29 is 9.84 Å². The van der Waals surface area contributed by atoms with Gasteiger partial charge in [-0.1, -0.05) is 0 Å². The zero-order valence-corrected chi connectivity index (χ0v) is 17.1. The lowest BCUT2D eigenvalue weighted by Gasteiger charge is -2.29. The first-order chi connectivity index (χ1) is 14.1. The van der Waals surface area contributed by atoms with Gasteiger partial charge in [0.2, 0.25) is 5.95 Å². The molecule has 1 atom stereocenters. The summed E-state index contributed by atoms with van der Waals surface area (Å²) < 4.78 is 5.02. The second-order valence-electron chi connectivity index (χ2n) is 7.32. The molecule has 3 N–H and O–H groups in total. The molecule has 1 fully saturated rings. The zero-order valence-electron chi connectivity index (χ0n) is 17.1. The van der Waals surface area contributed by atoms with Gasteiger partial charge in [0.05, 0.1) is 18.8 Å². The Morgan fingerprint density at radius 2 is 1.90 bits per heavy atom. The van der Waals surface area contributed by atoms with Crippen molar-refractivity contribution >= 4 is 17.6 Å². The van der Waals surface area contributed by atoms with Crippen LogP contribution in [0.15, 0.2) is 30.9 Å². The van der Waals surface area contributed by atoms with Crippen molar-refractivity contribution in [1.29, 1.82) is 0 Å². The number of ether oxygens (including phenoxy) is 1. The molecule has 0 bridgehead atoms. The summed E-state index contributed by atoms with van der Waals surface area (Å²) in [6.07, 6.45) is 5.68. The average Bonchev–Trinajstić information content (AvgIpc) is 3.11. The van der Waals surface area contributed by atoms with Gasteiger partial charge in [-0.2, -0.15) is 0 Å². The fourth-order valence-electron chi connectivity index (χ4n) is 3.40. The summed E-state index contributed by atoms with van der Waals surface area (Å²) in [5, 5.41) is 17.4. The van der Waals surface area contributed by atoms with E-state index in [1.165, 1.54) is 6.33 Å². The highest BCUT2D eigenvalue weighted by molar-refractivity contribution is 5.46. The monoisotopic (exact) mass is 402 g/mol. The molecule has 0 aliphatic carbocycles. The fourth-order valence-corrected chi connectivity index (χ4v) is 3.40. The van der Waals surface area contributed by atoms with Crippen LogP contribution in [-0.2, 0) is 4.74 Å². The molecule has 29 heavy (non-hydrogen) atoms. The molecule has 2 aromatic heterocycles. The van der Waals surface area contributed by atoms with Gasteiger partial charge in [0.1, 0.15) is 18.0 Å². The minimum atomic E-state index is -0.763. The van der Waals surface area contributed by atoms with Gasteiger partial charge in [0.15, 0.2) is 0 Å². The van der Waals surface area contributed by atoms with E-state index in [-0.39, 0.29) is 0 Å². The summed E-state index contributed by atoms with van der Waals surface area (Å²) in [4.78, 5) is 21.1. The van der Waals surface area contributed by atoms with E-state index in [2.05, 4.69) is 35.5 Å². The maximum atomic E-state index is 11.0. The molecule has 1 saturated heterocycles. The lowest BCUT2D eigenvalue weighted by atomic mass is 10.0. The number of β-amino-alcohol motifs (C(OH)–C–C–N with tert-alkyl or cyclic N) is 1. The van der Waals surface area contributed by atoms with E-state index in [4.69, 9.17) is 4.74 Å². The van der Waals surface area contributed by atoms with Crippen molar-refractivity contribution in [2.24, 2.45) is 0 Å². The first-order valence-corrected chi connectivity index (χ1v) is 9.80. The molecule has 0 aromatic carbocycles. The van der Waals surface area contributed by atoms with Gasteiger partial charge in [-0.05, 0) is 19.5 Å². The first kappa shape index (κ1) is 21.2. The van der Waals surface area contributed by atoms with Crippen LogP contribution in [0.4, 0.5) is 17.6 Å². The summed E-state index contributed by atoms with van der Waals surface area (Å²) in [6.45, 7) is 4.69. The number of methoxy groups -OCH3 is 1. The maximum Gasteiger partial charge on any atom is 0.225 e. The molecule has 1 aliphatic heterocycles. The van der Waals surface area contributed by atoms with Crippen molar-refractivity contribution in [2.45, 2.75) is 12.0 Å². The maximum absolute atomic E-state index is 11.0. The smallest absolute Gasteiger partial charge is 0.225 e. The number of nitrogens with zero attached hydrogens (tertiary/aromatic N) is 6. The quantitative estimate of drug-likeness (QED) is 0.454. The van der Waals surface area contributed by atoms with Crippen LogP contribution >= 0.6 is 0 Å². The van der Waals surface area contributed by atoms with Gasteiger partial charge in [0, 0.05) is 58.3 Å². The lowest BCUT2D eigenvalue weighted by Crippen LogP contribution is -2.45. The zero-order chi connectivity index (χ0) is 20.5. The number of anilines is 3. The van der Waals surface area contributed by atoms with Crippen LogP contribution in [0.5, 0.6) is 0 Å². The summed E-state index contributed by atoms with van der Waals surface area (Å²) in [7, 11) is 3.68. The van der Waals surface area contributed by atoms with Crippen LogP contribution in [0.1, 0.15) is 6.42 Å². The predicted molar refractivity (Wildman–Crippen MR) is 112 cm³/mol. The molecule has 0 saturated carbocycles. The molecule has 158 valence electrons. The predicted octanol–water partition coefficient (Wildman–Crippen LogP) is 0.310. The lowest BCUT2D eigenvalue weighted by molar-refractivity contribution is 0.0310. The van der Waals surface area contributed by atoms with Crippen LogP contribution in [0.2, 0.25) is 0 Å². The summed E-state index contributed by atoms with van der Waals surface area (Å²) >= 11 is 0. The van der Waals surface area contributed by atoms with E-state index in [0.29, 0.717) is 45.2 Å². The van der Waals surface area contributed by atoms with E-state index in [0.717, 1.165) is 24.7 Å². The van der Waals surface area contributed by atoms with Crippen molar-refractivity contribution in [3.63, 3.8) is 0 Å². The van der Waals surface area contributed by atoms with Crippen LogP contribution < -0.4 is 15.5 Å². The molecular weight excluding hydrogens is 372 g/mol. The molecule has 10 nitrogen and oxygen atoms in total. The summed E-state index contributed by atoms with van der Waals surface area (Å²) in [5.41, 5.74) is -0.763. The van der Waals surface area contributed by atoms with Gasteiger partial charge in [-0.15, -0.1) is 0 Å². The minimum absolute atomic E-state index is 0.539. The SMILES string of the molecule is COCCNc1cc(NCCN(C)CC2(O)CCN(c3ncccn3)C2)ncn1. The Morgan fingerprint density at radius 1 is 1.17 bits per heavy atom. The van der Waals surface area contributed by atoms with Crippen molar-refractivity contribution in [3.8, 4) is 0 Å². The van der Waals surface area contributed by atoms with Crippen LogP contribution in [0.25, 0.3) is 0 Å². The second-order valence-corrected chi connectivity index (χ2v) is 7.32. The molecule has 0 spiro atoms. The van der Waals surface area contributed by atoms with Crippen LogP contribution in [0, 0.1) is 0 Å². The van der Waals surface area contributed by atoms with E-state index in [1.54, 1.807) is 25.6 Å². The van der Waals surface area contributed by atoms with E-state index < -0.39 is 5.60 Å². The molecule has 2 aromatic rings. The molecule has 0 radical (unpaired) electrons. The Balaban J connectivity index is 1.41. The first-order valence-electron chi connectivity index (χ1n) is 9.80. The van der Waals surface area contributed by atoms with Crippen molar-refractivity contribution in [3.05, 3.63) is 30.9 Å². The Morgan fingerprint density at radius 3 is 2.62 bits per heavy atom. The van der Waals surface area contributed by atoms with Crippen LogP contribution in [0.3, 0.4) is 0 Å². The fraction of sp³-hybridized carbons (Fsp3) is 0.579. The number of nitrogens with one attached hydrogen (secondary N) is 2. The second kappa shape index (κ2) is 10.3. The number of likely N-dealkylation sites (N-methyl/N-ethyl adjacent to an activating group) is 1. The van der Waals surface area contributed by atoms with Gasteiger partial charge in [-0.3, -0.25) is 0 Å². The Bertz CT molecular complexity index is 750. The molecule has 1 aliphatic rings. The molecule has 0 amide bonds. The molecule has 3 heterocycles. The highest BCUT2D eigenvalue weighted by atomic mass is 16.5. The van der Waals surface area contributed by atoms with Crippen molar-refractivity contribution in [1.82, 2.24) is 24.8 Å².